The maximum absolute atomic E-state index is 12.1. The minimum Gasteiger partial charge on any atom is -0.465 e. The summed E-state index contributed by atoms with van der Waals surface area (Å²) in [6.45, 7) is 8.31. The smallest absolute Gasteiger partial charge is 0.316 e. The van der Waals surface area contributed by atoms with E-state index in [1.54, 1.807) is 6.20 Å². The molecule has 2 aromatic rings. The van der Waals surface area contributed by atoms with Crippen molar-refractivity contribution in [3.63, 3.8) is 0 Å². The predicted octanol–water partition coefficient (Wildman–Crippen LogP) is 3.07. The first-order valence-electron chi connectivity index (χ1n) is 7.09. The third kappa shape index (κ3) is 2.53. The summed E-state index contributed by atoms with van der Waals surface area (Å²) >= 11 is 0. The molecule has 5 nitrogen and oxygen atoms in total. The molecule has 2 aromatic heterocycles. The summed E-state index contributed by atoms with van der Waals surface area (Å²) in [5.41, 5.74) is 1.64. The van der Waals surface area contributed by atoms with E-state index in [-0.39, 0.29) is 17.9 Å². The van der Waals surface area contributed by atoms with Crippen LogP contribution in [0.1, 0.15) is 51.9 Å². The summed E-state index contributed by atoms with van der Waals surface area (Å²) in [7, 11) is 0. The Morgan fingerprint density at radius 3 is 2.75 bits per heavy atom. The Morgan fingerprint density at radius 1 is 1.40 bits per heavy atom. The molecule has 0 aliphatic heterocycles. The van der Waals surface area contributed by atoms with E-state index < -0.39 is 0 Å². The van der Waals surface area contributed by atoms with Gasteiger partial charge in [0.15, 0.2) is 5.65 Å². The summed E-state index contributed by atoms with van der Waals surface area (Å²) in [4.78, 5) is 21.1. The van der Waals surface area contributed by atoms with Crippen LogP contribution < -0.4 is 0 Å². The van der Waals surface area contributed by atoms with Gasteiger partial charge in [-0.3, -0.25) is 4.79 Å². The molecule has 2 rings (SSSR count). The number of aromatic nitrogens is 3. The highest BCUT2D eigenvalue weighted by Crippen LogP contribution is 2.27. The van der Waals surface area contributed by atoms with E-state index in [2.05, 4.69) is 23.8 Å². The van der Waals surface area contributed by atoms with Gasteiger partial charge in [-0.1, -0.05) is 6.92 Å². The molecule has 0 aromatic carbocycles. The maximum Gasteiger partial charge on any atom is 0.316 e. The van der Waals surface area contributed by atoms with Gasteiger partial charge in [-0.25, -0.2) is 9.97 Å². The van der Waals surface area contributed by atoms with Crippen molar-refractivity contribution in [2.75, 3.05) is 6.61 Å². The molecule has 2 heterocycles. The fourth-order valence-corrected chi connectivity index (χ4v) is 2.40. The van der Waals surface area contributed by atoms with Crippen molar-refractivity contribution < 1.29 is 9.53 Å². The van der Waals surface area contributed by atoms with Crippen molar-refractivity contribution in [1.82, 2.24) is 14.5 Å². The lowest BCUT2D eigenvalue weighted by Gasteiger charge is -2.17. The number of hydrogen-bond donors (Lipinski definition) is 0. The molecule has 0 saturated carbocycles. The first kappa shape index (κ1) is 14.5. The number of rotatable bonds is 5. The second-order valence-electron chi connectivity index (χ2n) is 4.99. The fourth-order valence-electron chi connectivity index (χ4n) is 2.40. The van der Waals surface area contributed by atoms with E-state index in [0.29, 0.717) is 13.0 Å². The molecule has 0 saturated heterocycles. The molecule has 0 bridgehead atoms. The van der Waals surface area contributed by atoms with Gasteiger partial charge in [-0.2, -0.15) is 0 Å². The number of ether oxygens (including phenoxy) is 1. The molecule has 1 atom stereocenters. The summed E-state index contributed by atoms with van der Waals surface area (Å²) < 4.78 is 7.20. The van der Waals surface area contributed by atoms with Gasteiger partial charge < -0.3 is 9.30 Å². The highest BCUT2D eigenvalue weighted by Gasteiger charge is 2.27. The Bertz CT molecular complexity index is 604. The van der Waals surface area contributed by atoms with Gasteiger partial charge in [-0.15, -0.1) is 0 Å². The monoisotopic (exact) mass is 275 g/mol. The van der Waals surface area contributed by atoms with Gasteiger partial charge in [-0.05, 0) is 39.3 Å². The SMILES string of the molecule is CCOC(=O)C(CC)c1nc2cccnc2n1C(C)C. The number of nitrogens with zero attached hydrogens (tertiary/aromatic N) is 3. The van der Waals surface area contributed by atoms with Crippen molar-refractivity contribution in [2.24, 2.45) is 0 Å². The molecule has 0 aliphatic carbocycles. The standard InChI is InChI=1S/C15H21N3O2/c1-5-11(15(19)20-6-2)13-17-12-8-7-9-16-14(12)18(13)10(3)4/h7-11H,5-6H2,1-4H3. The third-order valence-corrected chi connectivity index (χ3v) is 3.28. The van der Waals surface area contributed by atoms with E-state index in [1.165, 1.54) is 0 Å². The van der Waals surface area contributed by atoms with Crippen LogP contribution in [0.4, 0.5) is 0 Å². The lowest BCUT2D eigenvalue weighted by atomic mass is 10.1. The Kier molecular flexibility index (Phi) is 4.37. The second kappa shape index (κ2) is 6.03. The third-order valence-electron chi connectivity index (χ3n) is 3.28. The van der Waals surface area contributed by atoms with Crippen LogP contribution in [0.2, 0.25) is 0 Å². The zero-order valence-electron chi connectivity index (χ0n) is 12.5. The Hall–Kier alpha value is -1.91. The number of fused-ring (bicyclic) bond motifs is 1. The summed E-state index contributed by atoms with van der Waals surface area (Å²) in [5, 5.41) is 0. The van der Waals surface area contributed by atoms with Crippen molar-refractivity contribution in [1.29, 1.82) is 0 Å². The van der Waals surface area contributed by atoms with Crippen LogP contribution in [0, 0.1) is 0 Å². The highest BCUT2D eigenvalue weighted by atomic mass is 16.5. The molecule has 0 amide bonds. The largest absolute Gasteiger partial charge is 0.465 e. The molecule has 1 unspecified atom stereocenters. The molecule has 0 fully saturated rings. The average Bonchev–Trinajstić information content (AvgIpc) is 2.78. The Balaban J connectivity index is 2.56. The van der Waals surface area contributed by atoms with Crippen LogP contribution in [0.25, 0.3) is 11.2 Å². The van der Waals surface area contributed by atoms with Crippen molar-refractivity contribution in [3.05, 3.63) is 24.2 Å². The number of esters is 1. The molecule has 5 heteroatoms. The molecule has 108 valence electrons. The van der Waals surface area contributed by atoms with E-state index in [0.717, 1.165) is 17.0 Å². The molecule has 0 radical (unpaired) electrons. The van der Waals surface area contributed by atoms with Gasteiger partial charge >= 0.3 is 5.97 Å². The van der Waals surface area contributed by atoms with Gasteiger partial charge in [0, 0.05) is 12.2 Å². The zero-order valence-corrected chi connectivity index (χ0v) is 12.5. The van der Waals surface area contributed by atoms with E-state index in [4.69, 9.17) is 4.74 Å². The number of pyridine rings is 1. The van der Waals surface area contributed by atoms with Crippen LogP contribution in [-0.2, 0) is 9.53 Å². The van der Waals surface area contributed by atoms with Gasteiger partial charge in [0.25, 0.3) is 0 Å². The Labute approximate surface area is 119 Å². The minimum absolute atomic E-state index is 0.188. The fraction of sp³-hybridized carbons (Fsp3) is 0.533. The number of imidazole rings is 1. The quantitative estimate of drug-likeness (QED) is 0.787. The Morgan fingerprint density at radius 2 is 2.15 bits per heavy atom. The lowest BCUT2D eigenvalue weighted by molar-refractivity contribution is -0.145. The van der Waals surface area contributed by atoms with E-state index >= 15 is 0 Å². The van der Waals surface area contributed by atoms with E-state index in [1.807, 2.05) is 30.5 Å². The summed E-state index contributed by atoms with van der Waals surface area (Å²) in [5.74, 6) is 0.188. The molecular formula is C15H21N3O2. The number of carbonyl (C=O) groups excluding carboxylic acids is 1. The van der Waals surface area contributed by atoms with Crippen molar-refractivity contribution in [3.8, 4) is 0 Å². The molecule has 0 spiro atoms. The molecule has 0 N–H and O–H groups in total. The van der Waals surface area contributed by atoms with Gasteiger partial charge in [0.1, 0.15) is 17.3 Å². The first-order valence-corrected chi connectivity index (χ1v) is 7.09. The molecular weight excluding hydrogens is 254 g/mol. The summed E-state index contributed by atoms with van der Waals surface area (Å²) in [6, 6.07) is 3.96. The van der Waals surface area contributed by atoms with Crippen molar-refractivity contribution in [2.45, 2.75) is 46.1 Å². The van der Waals surface area contributed by atoms with Crippen LogP contribution in [0.5, 0.6) is 0 Å². The topological polar surface area (TPSA) is 57.0 Å². The summed E-state index contributed by atoms with van der Waals surface area (Å²) in [6.07, 6.45) is 2.41. The predicted molar refractivity (Wildman–Crippen MR) is 77.6 cm³/mol. The maximum atomic E-state index is 12.1. The van der Waals surface area contributed by atoms with E-state index in [9.17, 15) is 4.79 Å². The highest BCUT2D eigenvalue weighted by molar-refractivity contribution is 5.79. The minimum atomic E-state index is -0.341. The van der Waals surface area contributed by atoms with Crippen molar-refractivity contribution >= 4 is 17.1 Å². The van der Waals surface area contributed by atoms with Gasteiger partial charge in [0.05, 0.1) is 6.61 Å². The molecule has 20 heavy (non-hydrogen) atoms. The molecule has 0 aliphatic rings. The van der Waals surface area contributed by atoms with Crippen LogP contribution in [0.15, 0.2) is 18.3 Å². The van der Waals surface area contributed by atoms with Crippen LogP contribution in [0.3, 0.4) is 0 Å². The van der Waals surface area contributed by atoms with Crippen LogP contribution in [-0.4, -0.2) is 27.1 Å². The second-order valence-corrected chi connectivity index (χ2v) is 4.99. The lowest BCUT2D eigenvalue weighted by Crippen LogP contribution is -2.20. The number of carbonyl (C=O) groups is 1. The average molecular weight is 275 g/mol. The van der Waals surface area contributed by atoms with Crippen LogP contribution >= 0.6 is 0 Å². The zero-order chi connectivity index (χ0) is 14.7. The normalized spacial score (nSPS) is 12.8. The van der Waals surface area contributed by atoms with Gasteiger partial charge in [0.2, 0.25) is 0 Å². The number of hydrogen-bond acceptors (Lipinski definition) is 4. The first-order chi connectivity index (χ1) is 9.60.